The number of ether oxygens (including phenoxy) is 2. The highest BCUT2D eigenvalue weighted by Gasteiger charge is 2.33. The summed E-state index contributed by atoms with van der Waals surface area (Å²) >= 11 is 0. The van der Waals surface area contributed by atoms with Gasteiger partial charge in [-0.3, -0.25) is 14.6 Å². The van der Waals surface area contributed by atoms with Crippen LogP contribution in [0.4, 0.5) is 11.4 Å². The van der Waals surface area contributed by atoms with E-state index < -0.39 is 6.29 Å². The number of amides is 2. The molecule has 1 aliphatic heterocycles. The van der Waals surface area contributed by atoms with Crippen molar-refractivity contribution in [2.75, 3.05) is 31.2 Å². The number of pyridine rings is 1. The number of nitrogens with one attached hydrogen (secondary N) is 2. The molecule has 4 aromatic carbocycles. The third-order valence-corrected chi connectivity index (χ3v) is 9.64. The summed E-state index contributed by atoms with van der Waals surface area (Å²) in [5.41, 5.74) is 13.9. The van der Waals surface area contributed by atoms with Crippen LogP contribution in [-0.2, 0) is 38.6 Å². The van der Waals surface area contributed by atoms with E-state index in [-0.39, 0.29) is 43.5 Å². The lowest BCUT2D eigenvalue weighted by atomic mass is 9.97. The molecule has 3 atom stereocenters. The van der Waals surface area contributed by atoms with E-state index in [0.717, 1.165) is 58.6 Å². The van der Waals surface area contributed by atoms with Crippen molar-refractivity contribution in [3.05, 3.63) is 149 Å². The van der Waals surface area contributed by atoms with E-state index >= 15 is 0 Å². The van der Waals surface area contributed by atoms with Crippen molar-refractivity contribution < 1.29 is 24.2 Å². The highest BCUT2D eigenvalue weighted by atomic mass is 16.7. The molecule has 0 spiro atoms. The molecule has 5 N–H and O–H groups in total. The topological polar surface area (TPSA) is 139 Å². The van der Waals surface area contributed by atoms with Crippen LogP contribution >= 0.6 is 0 Å². The van der Waals surface area contributed by atoms with Crippen molar-refractivity contribution in [3.63, 3.8) is 0 Å². The smallest absolute Gasteiger partial charge is 0.224 e. The number of aliphatic hydroxyl groups excluding tert-OH is 1. The first kappa shape index (κ1) is 38.3. The third-order valence-electron chi connectivity index (χ3n) is 9.64. The van der Waals surface area contributed by atoms with E-state index in [1.807, 2.05) is 91.1 Å². The molecule has 2 amide bonds. The number of nitrogens with two attached hydrogens (primary N) is 1. The Hall–Kier alpha value is -5.39. The molecule has 54 heavy (non-hydrogen) atoms. The number of benzene rings is 4. The van der Waals surface area contributed by atoms with E-state index in [1.165, 1.54) is 0 Å². The number of hydrogen-bond donors (Lipinski definition) is 4. The molecule has 280 valence electrons. The average molecular weight is 728 g/mol. The zero-order valence-corrected chi connectivity index (χ0v) is 30.7. The van der Waals surface area contributed by atoms with Crippen LogP contribution in [0, 0.1) is 0 Å². The molecule has 6 rings (SSSR count). The molecule has 2 heterocycles. The highest BCUT2D eigenvalue weighted by Crippen LogP contribution is 2.39. The maximum Gasteiger partial charge on any atom is 0.224 e. The number of rotatable bonds is 16. The number of para-hydroxylation sites is 2. The molecule has 0 aliphatic carbocycles. The number of carbonyl (C=O) groups excluding carboxylic acids is 2. The van der Waals surface area contributed by atoms with Gasteiger partial charge in [-0.15, -0.1) is 0 Å². The van der Waals surface area contributed by atoms with Gasteiger partial charge in [0.25, 0.3) is 0 Å². The van der Waals surface area contributed by atoms with Crippen LogP contribution in [0.1, 0.15) is 66.0 Å². The molecule has 1 aromatic heterocycles. The molecule has 1 fully saturated rings. The molecular weight excluding hydrogens is 679 g/mol. The van der Waals surface area contributed by atoms with Crippen LogP contribution in [0.2, 0.25) is 0 Å². The van der Waals surface area contributed by atoms with Crippen LogP contribution in [0.15, 0.2) is 121 Å². The molecule has 1 saturated heterocycles. The molecule has 5 aromatic rings. The van der Waals surface area contributed by atoms with Gasteiger partial charge in [-0.05, 0) is 65.6 Å². The summed E-state index contributed by atoms with van der Waals surface area (Å²) in [4.78, 5) is 31.8. The molecule has 0 saturated carbocycles. The average Bonchev–Trinajstić information content (AvgIpc) is 3.20. The lowest BCUT2D eigenvalue weighted by molar-refractivity contribution is -0.252. The van der Waals surface area contributed by atoms with E-state index in [9.17, 15) is 14.7 Å². The second kappa shape index (κ2) is 19.1. The SMILES string of the molecule is CN(CCc1ccccn1)C[C@@H]1C[C@H](c2ccc(CO)cc2)O[C@H](c2ccc(-c3ccccc3CNC(=O)CCCC(=O)Nc3ccccc3N)cc2)O1. The predicted molar refractivity (Wildman–Crippen MR) is 211 cm³/mol. The molecule has 10 heteroatoms. The van der Waals surface area contributed by atoms with Crippen molar-refractivity contribution in [3.8, 4) is 11.1 Å². The Bertz CT molecular complexity index is 1960. The Morgan fingerprint density at radius 1 is 0.852 bits per heavy atom. The van der Waals surface area contributed by atoms with Gasteiger partial charge in [-0.25, -0.2) is 0 Å². The molecule has 10 nitrogen and oxygen atoms in total. The zero-order valence-electron chi connectivity index (χ0n) is 30.7. The Labute approximate surface area is 317 Å². The first-order valence-corrected chi connectivity index (χ1v) is 18.5. The molecule has 0 unspecified atom stereocenters. The fourth-order valence-electron chi connectivity index (χ4n) is 6.61. The Balaban J connectivity index is 1.07. The van der Waals surface area contributed by atoms with E-state index in [0.29, 0.717) is 30.8 Å². The first-order valence-electron chi connectivity index (χ1n) is 18.5. The maximum absolute atomic E-state index is 12.7. The van der Waals surface area contributed by atoms with Gasteiger partial charge in [-0.2, -0.15) is 0 Å². The number of carbonyl (C=O) groups is 2. The van der Waals surface area contributed by atoms with Gasteiger partial charge in [0.15, 0.2) is 6.29 Å². The van der Waals surface area contributed by atoms with Crippen LogP contribution < -0.4 is 16.4 Å². The molecular formula is C44H49N5O5. The van der Waals surface area contributed by atoms with Crippen LogP contribution in [0.5, 0.6) is 0 Å². The minimum Gasteiger partial charge on any atom is -0.397 e. The van der Waals surface area contributed by atoms with Crippen LogP contribution in [-0.4, -0.2) is 53.0 Å². The zero-order chi connectivity index (χ0) is 37.7. The fraction of sp³-hybridized carbons (Fsp3) is 0.295. The van der Waals surface area contributed by atoms with Gasteiger partial charge in [0.2, 0.25) is 11.8 Å². The van der Waals surface area contributed by atoms with Gasteiger partial charge >= 0.3 is 0 Å². The van der Waals surface area contributed by atoms with E-state index in [2.05, 4.69) is 45.8 Å². The molecule has 0 radical (unpaired) electrons. The van der Waals surface area contributed by atoms with E-state index in [1.54, 1.807) is 12.1 Å². The highest BCUT2D eigenvalue weighted by molar-refractivity contribution is 5.94. The molecule has 1 aliphatic rings. The standard InChI is InChI=1S/C44H49N5O5/c1-49(26-24-36-10-6-7-25-46-36)29-37-27-41(33-18-16-31(30-50)17-19-33)54-44(53-37)34-22-20-32(21-23-34)38-11-3-2-9-35(38)28-47-42(51)14-8-15-43(52)48-40-13-5-4-12-39(40)45/h2-7,9-13,16-23,25,37,41,44,50H,8,14-15,24,26-30,45H2,1H3,(H,47,51)(H,48,52)/t37-,41+,44+/m0/s1. The number of likely N-dealkylation sites (N-methyl/N-ethyl adjacent to an activating group) is 1. The van der Waals surface area contributed by atoms with Crippen LogP contribution in [0.3, 0.4) is 0 Å². The summed E-state index contributed by atoms with van der Waals surface area (Å²) < 4.78 is 13.2. The van der Waals surface area contributed by atoms with Gasteiger partial charge in [0.1, 0.15) is 0 Å². The second-order valence-corrected chi connectivity index (χ2v) is 13.7. The number of hydrogen-bond acceptors (Lipinski definition) is 8. The lowest BCUT2D eigenvalue weighted by Crippen LogP contribution is -2.38. The largest absolute Gasteiger partial charge is 0.397 e. The number of anilines is 2. The normalized spacial score (nSPS) is 16.9. The van der Waals surface area contributed by atoms with Gasteiger partial charge in [-0.1, -0.05) is 91.0 Å². The summed E-state index contributed by atoms with van der Waals surface area (Å²) in [7, 11) is 2.11. The minimum atomic E-state index is -0.564. The Morgan fingerprint density at radius 2 is 1.57 bits per heavy atom. The van der Waals surface area contributed by atoms with Crippen molar-refractivity contribution in [1.29, 1.82) is 0 Å². The summed E-state index contributed by atoms with van der Waals surface area (Å²) in [6, 6.07) is 37.3. The Kier molecular flexibility index (Phi) is 13.6. The molecule has 0 bridgehead atoms. The third kappa shape index (κ3) is 10.8. The lowest BCUT2D eigenvalue weighted by Gasteiger charge is -2.38. The van der Waals surface area contributed by atoms with Crippen molar-refractivity contribution in [2.45, 2.75) is 63.8 Å². The quantitative estimate of drug-likeness (QED) is 0.0800. The summed E-state index contributed by atoms with van der Waals surface area (Å²) in [6.07, 6.45) is 3.47. The maximum atomic E-state index is 12.7. The minimum absolute atomic E-state index is 0.00468. The van der Waals surface area contributed by atoms with Gasteiger partial charge < -0.3 is 35.8 Å². The fourth-order valence-corrected chi connectivity index (χ4v) is 6.61. The van der Waals surface area contributed by atoms with Crippen molar-refractivity contribution in [1.82, 2.24) is 15.2 Å². The summed E-state index contributed by atoms with van der Waals surface area (Å²) in [6.45, 7) is 1.96. The number of aromatic nitrogens is 1. The number of nitrogen functional groups attached to an aromatic ring is 1. The summed E-state index contributed by atoms with van der Waals surface area (Å²) in [5, 5.41) is 15.4. The monoisotopic (exact) mass is 727 g/mol. The van der Waals surface area contributed by atoms with Crippen molar-refractivity contribution >= 4 is 23.2 Å². The second-order valence-electron chi connectivity index (χ2n) is 13.7. The summed E-state index contributed by atoms with van der Waals surface area (Å²) in [5.74, 6) is -0.290. The van der Waals surface area contributed by atoms with Crippen LogP contribution in [0.25, 0.3) is 11.1 Å². The first-order chi connectivity index (χ1) is 26.3. The van der Waals surface area contributed by atoms with E-state index in [4.69, 9.17) is 15.2 Å². The predicted octanol–water partition coefficient (Wildman–Crippen LogP) is 6.97. The Morgan fingerprint density at radius 3 is 2.33 bits per heavy atom. The number of aliphatic hydroxyl groups is 1. The van der Waals surface area contributed by atoms with Crippen molar-refractivity contribution in [2.24, 2.45) is 0 Å². The van der Waals surface area contributed by atoms with Gasteiger partial charge in [0.05, 0.1) is 30.2 Å². The number of nitrogens with zero attached hydrogens (tertiary/aromatic N) is 2. The van der Waals surface area contributed by atoms with Gasteiger partial charge in [0, 0.05) is 62.8 Å².